The maximum Gasteiger partial charge on any atom is 0.270 e. The van der Waals surface area contributed by atoms with Crippen molar-refractivity contribution in [2.24, 2.45) is 7.05 Å². The number of hydrogen-bond donors (Lipinski definition) is 1. The number of nitro benzene ring substituents is 1. The quantitative estimate of drug-likeness (QED) is 0.500. The molecule has 0 fully saturated rings. The lowest BCUT2D eigenvalue weighted by atomic mass is 9.85. The molecule has 0 saturated heterocycles. The largest absolute Gasteiger partial charge is 0.380 e. The fraction of sp³-hybridized carbons (Fsp3) is 0.273. The maximum absolute atomic E-state index is 11.4. The van der Waals surface area contributed by atoms with Crippen LogP contribution in [0.3, 0.4) is 0 Å². The number of aryl methyl sites for hydroxylation is 1. The fourth-order valence-corrected chi connectivity index (χ4v) is 3.21. The second-order valence-corrected chi connectivity index (χ2v) is 7.92. The van der Waals surface area contributed by atoms with Gasteiger partial charge >= 0.3 is 0 Å². The third kappa shape index (κ3) is 4.27. The Labute approximate surface area is 169 Å². The number of aromatic nitrogens is 2. The van der Waals surface area contributed by atoms with E-state index in [2.05, 4.69) is 37.3 Å². The van der Waals surface area contributed by atoms with Gasteiger partial charge in [-0.1, -0.05) is 39.0 Å². The van der Waals surface area contributed by atoms with Crippen molar-refractivity contribution in [3.05, 3.63) is 75.5 Å². The molecule has 1 aromatic heterocycles. The van der Waals surface area contributed by atoms with Gasteiger partial charge in [0.15, 0.2) is 0 Å². The van der Waals surface area contributed by atoms with E-state index in [9.17, 15) is 15.4 Å². The van der Waals surface area contributed by atoms with E-state index in [1.807, 2.05) is 31.4 Å². The fourth-order valence-electron chi connectivity index (χ4n) is 3.21. The van der Waals surface area contributed by atoms with Crippen molar-refractivity contribution in [3.8, 4) is 17.3 Å². The van der Waals surface area contributed by atoms with Crippen molar-refractivity contribution in [2.75, 3.05) is 5.32 Å². The molecule has 0 saturated carbocycles. The van der Waals surface area contributed by atoms with Crippen molar-refractivity contribution in [3.63, 3.8) is 0 Å². The molecule has 0 aliphatic carbocycles. The summed E-state index contributed by atoms with van der Waals surface area (Å²) < 4.78 is 1.73. The summed E-state index contributed by atoms with van der Waals surface area (Å²) in [6.45, 7) is 6.68. The summed E-state index contributed by atoms with van der Waals surface area (Å²) in [6, 6.07) is 14.3. The Hall–Kier alpha value is -3.66. The minimum absolute atomic E-state index is 0.00786. The van der Waals surface area contributed by atoms with Crippen LogP contribution in [0, 0.1) is 21.4 Å². The van der Waals surface area contributed by atoms with Crippen LogP contribution in [0.1, 0.15) is 37.5 Å². The van der Waals surface area contributed by atoms with E-state index in [0.717, 1.165) is 16.8 Å². The Morgan fingerprint density at radius 3 is 2.62 bits per heavy atom. The van der Waals surface area contributed by atoms with Crippen LogP contribution in [0.5, 0.6) is 0 Å². The van der Waals surface area contributed by atoms with E-state index < -0.39 is 4.92 Å². The second-order valence-electron chi connectivity index (χ2n) is 7.92. The maximum atomic E-state index is 11.4. The third-order valence-electron chi connectivity index (χ3n) is 4.71. The van der Waals surface area contributed by atoms with E-state index in [-0.39, 0.29) is 11.1 Å². The minimum Gasteiger partial charge on any atom is -0.380 e. The van der Waals surface area contributed by atoms with Gasteiger partial charge in [0.25, 0.3) is 5.69 Å². The monoisotopic (exact) mass is 389 g/mol. The van der Waals surface area contributed by atoms with E-state index in [1.54, 1.807) is 22.9 Å². The molecule has 0 bridgehead atoms. The summed E-state index contributed by atoms with van der Waals surface area (Å²) in [6.07, 6.45) is 1.95. The molecule has 0 radical (unpaired) electrons. The van der Waals surface area contributed by atoms with Crippen LogP contribution in [0.15, 0.2) is 48.7 Å². The number of nitro groups is 1. The van der Waals surface area contributed by atoms with Gasteiger partial charge in [0, 0.05) is 48.7 Å². The Morgan fingerprint density at radius 2 is 1.97 bits per heavy atom. The number of rotatable bonds is 5. The van der Waals surface area contributed by atoms with Crippen LogP contribution in [0.2, 0.25) is 0 Å². The predicted octanol–water partition coefficient (Wildman–Crippen LogP) is 4.78. The zero-order valence-corrected chi connectivity index (χ0v) is 16.9. The predicted molar refractivity (Wildman–Crippen MR) is 112 cm³/mol. The lowest BCUT2D eigenvalue weighted by molar-refractivity contribution is -0.384. The average molecular weight is 389 g/mol. The molecule has 0 spiro atoms. The molecule has 29 heavy (non-hydrogen) atoms. The average Bonchev–Trinajstić information content (AvgIpc) is 3.08. The van der Waals surface area contributed by atoms with Gasteiger partial charge in [-0.05, 0) is 23.1 Å². The van der Waals surface area contributed by atoms with Crippen molar-refractivity contribution in [1.82, 2.24) is 9.78 Å². The first-order valence-electron chi connectivity index (χ1n) is 9.25. The highest BCUT2D eigenvalue weighted by Gasteiger charge is 2.25. The number of nitrogens with one attached hydrogen (secondary N) is 1. The first-order chi connectivity index (χ1) is 13.7. The Balaban J connectivity index is 2.08. The van der Waals surface area contributed by atoms with Crippen LogP contribution in [0.25, 0.3) is 11.3 Å². The summed E-state index contributed by atoms with van der Waals surface area (Å²) in [5.74, 6) is 0. The molecule has 7 heteroatoms. The third-order valence-corrected chi connectivity index (χ3v) is 4.71. The van der Waals surface area contributed by atoms with Gasteiger partial charge in [-0.15, -0.1) is 0 Å². The van der Waals surface area contributed by atoms with Gasteiger partial charge in [-0.3, -0.25) is 14.8 Å². The molecule has 0 unspecified atom stereocenters. The minimum atomic E-state index is -0.405. The van der Waals surface area contributed by atoms with Crippen LogP contribution >= 0.6 is 0 Å². The summed E-state index contributed by atoms with van der Waals surface area (Å²) in [4.78, 5) is 11.0. The second kappa shape index (κ2) is 7.76. The highest BCUT2D eigenvalue weighted by Crippen LogP contribution is 2.37. The normalized spacial score (nSPS) is 11.1. The van der Waals surface area contributed by atoms with Crippen LogP contribution < -0.4 is 5.32 Å². The number of nitriles is 1. The summed E-state index contributed by atoms with van der Waals surface area (Å²) in [5, 5.41) is 28.6. The first-order valence-corrected chi connectivity index (χ1v) is 9.25. The highest BCUT2D eigenvalue weighted by molar-refractivity contribution is 5.80. The zero-order chi connectivity index (χ0) is 21.2. The van der Waals surface area contributed by atoms with Crippen LogP contribution in [-0.4, -0.2) is 14.7 Å². The van der Waals surface area contributed by atoms with Crippen molar-refractivity contribution in [2.45, 2.75) is 32.7 Å². The van der Waals surface area contributed by atoms with Crippen molar-refractivity contribution in [1.29, 1.82) is 5.26 Å². The number of non-ortho nitro benzene ring substituents is 1. The highest BCUT2D eigenvalue weighted by atomic mass is 16.6. The standard InChI is InChI=1S/C22H23N5O2/c1-22(2,3)19-14-26(4)25-21(19)18-11-17(27(28)29)9-10-20(18)24-13-16-8-6-5-7-15(16)12-23/h5-11,14,24H,13H2,1-4H3. The topological polar surface area (TPSA) is 96.8 Å². The van der Waals surface area contributed by atoms with Gasteiger partial charge in [0.2, 0.25) is 0 Å². The summed E-state index contributed by atoms with van der Waals surface area (Å²) in [7, 11) is 1.84. The van der Waals surface area contributed by atoms with E-state index in [1.165, 1.54) is 6.07 Å². The molecular formula is C22H23N5O2. The lowest BCUT2D eigenvalue weighted by Gasteiger charge is -2.19. The Morgan fingerprint density at radius 1 is 1.24 bits per heavy atom. The molecule has 3 aromatic rings. The summed E-state index contributed by atoms with van der Waals surface area (Å²) >= 11 is 0. The van der Waals surface area contributed by atoms with Crippen molar-refractivity contribution >= 4 is 11.4 Å². The zero-order valence-electron chi connectivity index (χ0n) is 16.9. The number of hydrogen-bond acceptors (Lipinski definition) is 5. The van der Waals surface area contributed by atoms with Crippen LogP contribution in [-0.2, 0) is 19.0 Å². The molecule has 2 aromatic carbocycles. The Kier molecular flexibility index (Phi) is 5.37. The Bertz CT molecular complexity index is 1100. The molecule has 0 aliphatic heterocycles. The smallest absolute Gasteiger partial charge is 0.270 e. The molecule has 0 amide bonds. The molecule has 148 valence electrons. The lowest BCUT2D eigenvalue weighted by Crippen LogP contribution is -2.12. The molecule has 0 aliphatic rings. The number of nitrogens with zero attached hydrogens (tertiary/aromatic N) is 4. The van der Waals surface area contributed by atoms with Gasteiger partial charge in [-0.2, -0.15) is 10.4 Å². The van der Waals surface area contributed by atoms with Gasteiger partial charge < -0.3 is 5.32 Å². The molecule has 3 rings (SSSR count). The molecule has 0 atom stereocenters. The van der Waals surface area contributed by atoms with Gasteiger partial charge in [-0.25, -0.2) is 0 Å². The first kappa shape index (κ1) is 20.1. The molecule has 7 nitrogen and oxygen atoms in total. The van der Waals surface area contributed by atoms with E-state index in [0.29, 0.717) is 23.4 Å². The molecule has 1 heterocycles. The van der Waals surface area contributed by atoms with Gasteiger partial charge in [0.05, 0.1) is 22.2 Å². The SMILES string of the molecule is Cn1cc(C(C)(C)C)c(-c2cc([N+](=O)[O-])ccc2NCc2ccccc2C#N)n1. The van der Waals surface area contributed by atoms with E-state index in [4.69, 9.17) is 0 Å². The van der Waals surface area contributed by atoms with Crippen LogP contribution in [0.4, 0.5) is 11.4 Å². The summed E-state index contributed by atoms with van der Waals surface area (Å²) in [5.41, 5.74) is 4.38. The molecular weight excluding hydrogens is 366 g/mol. The van der Waals surface area contributed by atoms with E-state index >= 15 is 0 Å². The number of anilines is 1. The number of benzene rings is 2. The molecule has 1 N–H and O–H groups in total. The van der Waals surface area contributed by atoms with Gasteiger partial charge in [0.1, 0.15) is 0 Å². The van der Waals surface area contributed by atoms with Crippen molar-refractivity contribution < 1.29 is 4.92 Å².